The lowest BCUT2D eigenvalue weighted by Crippen LogP contribution is -2.35. The Balaban J connectivity index is 1.71. The Morgan fingerprint density at radius 1 is 1.23 bits per heavy atom. The molecule has 26 heavy (non-hydrogen) atoms. The Kier molecular flexibility index (Phi) is 5.36. The molecule has 6 nitrogen and oxygen atoms in total. The fraction of sp³-hybridized carbons (Fsp3) is 0.333. The lowest BCUT2D eigenvalue weighted by atomic mass is 10.2. The topological polar surface area (TPSA) is 70.6 Å². The van der Waals surface area contributed by atoms with Gasteiger partial charge in [-0.1, -0.05) is 30.0 Å². The fourth-order valence-corrected chi connectivity index (χ4v) is 4.52. The van der Waals surface area contributed by atoms with Gasteiger partial charge in [-0.15, -0.1) is 0 Å². The summed E-state index contributed by atoms with van der Waals surface area (Å²) < 4.78 is 25.3. The molecule has 1 aromatic carbocycles. The van der Waals surface area contributed by atoms with E-state index in [1.165, 1.54) is 43.7 Å². The summed E-state index contributed by atoms with van der Waals surface area (Å²) in [5.74, 6) is 0.0340. The highest BCUT2D eigenvalue weighted by Crippen LogP contribution is 2.31. The molecule has 1 atom stereocenters. The number of rotatable bonds is 5. The predicted octanol–water partition coefficient (Wildman–Crippen LogP) is 2.40. The number of fused-ring (bicyclic) bond motifs is 1. The zero-order chi connectivity index (χ0) is 18.9. The van der Waals surface area contributed by atoms with Crippen molar-refractivity contribution < 1.29 is 13.2 Å². The number of pyridine rings is 1. The quantitative estimate of drug-likeness (QED) is 0.732. The third kappa shape index (κ3) is 3.62. The summed E-state index contributed by atoms with van der Waals surface area (Å²) in [4.78, 5) is 19.0. The second-order valence-corrected chi connectivity index (χ2v) is 9.76. The number of para-hydroxylation sites is 1. The molecule has 138 valence electrons. The summed E-state index contributed by atoms with van der Waals surface area (Å²) in [5, 5.41) is 0.306. The maximum atomic E-state index is 12.8. The Hall–Kier alpha value is -1.90. The van der Waals surface area contributed by atoms with Gasteiger partial charge in [0.25, 0.3) is 0 Å². The Morgan fingerprint density at radius 2 is 1.96 bits per heavy atom. The van der Waals surface area contributed by atoms with Crippen LogP contribution in [0.15, 0.2) is 52.5 Å². The minimum absolute atomic E-state index is 0.0340. The van der Waals surface area contributed by atoms with Crippen LogP contribution in [0.1, 0.15) is 12.5 Å². The predicted molar refractivity (Wildman–Crippen MR) is 103 cm³/mol. The van der Waals surface area contributed by atoms with E-state index in [0.717, 1.165) is 16.4 Å². The van der Waals surface area contributed by atoms with Crippen LogP contribution < -0.4 is 4.90 Å². The molecule has 0 unspecified atom stereocenters. The van der Waals surface area contributed by atoms with Crippen LogP contribution in [0.3, 0.4) is 0 Å². The maximum absolute atomic E-state index is 12.8. The third-order valence-corrected chi connectivity index (χ3v) is 7.12. The van der Waals surface area contributed by atoms with Gasteiger partial charge in [0.1, 0.15) is 4.90 Å². The van der Waals surface area contributed by atoms with Gasteiger partial charge in [-0.2, -0.15) is 0 Å². The molecule has 2 heterocycles. The van der Waals surface area contributed by atoms with Crippen molar-refractivity contribution in [1.29, 1.82) is 0 Å². The second kappa shape index (κ2) is 7.38. The Morgan fingerprint density at radius 3 is 2.62 bits per heavy atom. The van der Waals surface area contributed by atoms with E-state index < -0.39 is 10.0 Å². The summed E-state index contributed by atoms with van der Waals surface area (Å²) in [5.41, 5.74) is 2.17. The third-order valence-electron chi connectivity index (χ3n) is 4.29. The number of aromatic nitrogens is 1. The van der Waals surface area contributed by atoms with Crippen molar-refractivity contribution in [2.45, 2.75) is 28.5 Å². The second-order valence-electron chi connectivity index (χ2n) is 6.25. The van der Waals surface area contributed by atoms with Crippen LogP contribution in [0.25, 0.3) is 0 Å². The number of benzene rings is 1. The van der Waals surface area contributed by atoms with Crippen LogP contribution in [0.2, 0.25) is 0 Å². The van der Waals surface area contributed by atoms with Crippen molar-refractivity contribution in [2.75, 3.05) is 25.5 Å². The number of sulfonamides is 1. The summed E-state index contributed by atoms with van der Waals surface area (Å²) in [6.07, 6.45) is 2.20. The Labute approximate surface area is 158 Å². The monoisotopic (exact) mass is 391 g/mol. The summed E-state index contributed by atoms with van der Waals surface area (Å²) in [6, 6.07) is 11.1. The summed E-state index contributed by atoms with van der Waals surface area (Å²) >= 11 is 1.33. The van der Waals surface area contributed by atoms with Gasteiger partial charge in [0.2, 0.25) is 15.9 Å². The van der Waals surface area contributed by atoms with Crippen molar-refractivity contribution in [3.05, 3.63) is 48.2 Å². The number of nitrogens with zero attached hydrogens (tertiary/aromatic N) is 3. The molecule has 0 saturated heterocycles. The van der Waals surface area contributed by atoms with Gasteiger partial charge >= 0.3 is 0 Å². The van der Waals surface area contributed by atoms with Gasteiger partial charge in [-0.25, -0.2) is 17.7 Å². The average molecular weight is 392 g/mol. The Bertz CT molecular complexity index is 912. The SMILES string of the molecule is C[C@H](Sc1ccc(S(=O)(=O)N(C)C)cn1)C(=O)N1CCc2ccccc21. The largest absolute Gasteiger partial charge is 0.311 e. The molecule has 1 aliphatic heterocycles. The normalized spacial score (nSPS) is 15.2. The molecule has 1 aromatic heterocycles. The standard InChI is InChI=1S/C18H21N3O3S2/c1-13(18(22)21-11-10-14-6-4-5-7-16(14)21)25-17-9-8-15(12-19-17)26(23,24)20(2)3/h4-9,12-13H,10-11H2,1-3H3/t13-/m0/s1. The molecule has 3 rings (SSSR count). The number of carbonyl (C=O) groups is 1. The zero-order valence-electron chi connectivity index (χ0n) is 14.9. The molecule has 0 N–H and O–H groups in total. The van der Waals surface area contributed by atoms with Crippen molar-refractivity contribution in [1.82, 2.24) is 9.29 Å². The fourth-order valence-electron chi connectivity index (χ4n) is 2.82. The smallest absolute Gasteiger partial charge is 0.244 e. The maximum Gasteiger partial charge on any atom is 0.244 e. The molecule has 8 heteroatoms. The van der Waals surface area contributed by atoms with E-state index in [-0.39, 0.29) is 16.1 Å². The summed E-state index contributed by atoms with van der Waals surface area (Å²) in [6.45, 7) is 2.54. The zero-order valence-corrected chi connectivity index (χ0v) is 16.5. The number of thioether (sulfide) groups is 1. The van der Waals surface area contributed by atoms with Crippen LogP contribution in [-0.4, -0.2) is 49.5 Å². The molecule has 0 fully saturated rings. The molecule has 0 radical (unpaired) electrons. The first-order chi connectivity index (χ1) is 12.3. The number of amides is 1. The molecule has 0 spiro atoms. The van der Waals surface area contributed by atoms with E-state index in [4.69, 9.17) is 0 Å². The van der Waals surface area contributed by atoms with Crippen LogP contribution >= 0.6 is 11.8 Å². The first-order valence-corrected chi connectivity index (χ1v) is 10.6. The van der Waals surface area contributed by atoms with E-state index in [9.17, 15) is 13.2 Å². The molecule has 2 aromatic rings. The van der Waals surface area contributed by atoms with Crippen molar-refractivity contribution in [3.8, 4) is 0 Å². The van der Waals surface area contributed by atoms with Crippen molar-refractivity contribution in [2.24, 2.45) is 0 Å². The van der Waals surface area contributed by atoms with E-state index in [2.05, 4.69) is 4.98 Å². The molecule has 0 aliphatic carbocycles. The lowest BCUT2D eigenvalue weighted by molar-refractivity contribution is -0.117. The average Bonchev–Trinajstić information content (AvgIpc) is 3.05. The number of hydrogen-bond donors (Lipinski definition) is 0. The minimum atomic E-state index is -3.50. The molecular weight excluding hydrogens is 370 g/mol. The van der Waals surface area contributed by atoms with E-state index in [1.807, 2.05) is 36.1 Å². The van der Waals surface area contributed by atoms with E-state index in [1.54, 1.807) is 6.07 Å². The van der Waals surface area contributed by atoms with Crippen LogP contribution in [0.5, 0.6) is 0 Å². The molecule has 0 bridgehead atoms. The minimum Gasteiger partial charge on any atom is -0.311 e. The highest BCUT2D eigenvalue weighted by Gasteiger charge is 2.28. The first-order valence-electron chi connectivity index (χ1n) is 8.25. The van der Waals surface area contributed by atoms with Gasteiger partial charge in [0.05, 0.1) is 10.3 Å². The first kappa shape index (κ1) is 18.9. The van der Waals surface area contributed by atoms with Crippen molar-refractivity contribution in [3.63, 3.8) is 0 Å². The van der Waals surface area contributed by atoms with Gasteiger partial charge in [-0.3, -0.25) is 4.79 Å². The van der Waals surface area contributed by atoms with Gasteiger partial charge in [0, 0.05) is 32.5 Å². The molecule has 1 aliphatic rings. The van der Waals surface area contributed by atoms with Gasteiger partial charge in [0.15, 0.2) is 0 Å². The molecular formula is C18H21N3O3S2. The van der Waals surface area contributed by atoms with Gasteiger partial charge < -0.3 is 4.90 Å². The highest BCUT2D eigenvalue weighted by molar-refractivity contribution is 8.00. The van der Waals surface area contributed by atoms with Crippen LogP contribution in [-0.2, 0) is 21.2 Å². The van der Waals surface area contributed by atoms with Gasteiger partial charge in [-0.05, 0) is 37.1 Å². The van der Waals surface area contributed by atoms with Crippen LogP contribution in [0.4, 0.5) is 5.69 Å². The molecule has 1 amide bonds. The van der Waals surface area contributed by atoms with E-state index in [0.29, 0.717) is 11.6 Å². The number of hydrogen-bond acceptors (Lipinski definition) is 5. The van der Waals surface area contributed by atoms with E-state index >= 15 is 0 Å². The van der Waals surface area contributed by atoms with Crippen LogP contribution in [0, 0.1) is 0 Å². The highest BCUT2D eigenvalue weighted by atomic mass is 32.2. The van der Waals surface area contributed by atoms with Crippen molar-refractivity contribution >= 4 is 33.4 Å². The number of carbonyl (C=O) groups excluding carboxylic acids is 1. The molecule has 0 saturated carbocycles. The lowest BCUT2D eigenvalue weighted by Gasteiger charge is -2.21. The summed E-state index contributed by atoms with van der Waals surface area (Å²) in [7, 11) is -0.541. The number of anilines is 1.